The van der Waals surface area contributed by atoms with E-state index in [1.54, 1.807) is 6.07 Å². The van der Waals surface area contributed by atoms with Gasteiger partial charge in [0.2, 0.25) is 10.0 Å². The van der Waals surface area contributed by atoms with Gasteiger partial charge in [-0.15, -0.1) is 0 Å². The van der Waals surface area contributed by atoms with Crippen molar-refractivity contribution in [2.24, 2.45) is 5.14 Å². The van der Waals surface area contributed by atoms with Gasteiger partial charge in [0, 0.05) is 25.2 Å². The molecule has 0 bridgehead atoms. The zero-order chi connectivity index (χ0) is 14.3. The molecule has 110 valence electrons. The molecule has 0 aromatic heterocycles. The number of halogens is 1. The van der Waals surface area contributed by atoms with Crippen molar-refractivity contribution < 1.29 is 8.42 Å². The molecule has 20 heavy (non-hydrogen) atoms. The summed E-state index contributed by atoms with van der Waals surface area (Å²) in [6, 6.07) is 5.57. The summed E-state index contributed by atoms with van der Waals surface area (Å²) in [6.45, 7) is 2.08. The van der Waals surface area contributed by atoms with Gasteiger partial charge in [0.1, 0.15) is 0 Å². The minimum atomic E-state index is -3.70. The van der Waals surface area contributed by atoms with E-state index in [9.17, 15) is 8.42 Å². The summed E-state index contributed by atoms with van der Waals surface area (Å²) < 4.78 is 22.8. The summed E-state index contributed by atoms with van der Waals surface area (Å²) >= 11 is 6.12. The lowest BCUT2D eigenvalue weighted by Gasteiger charge is -2.17. The van der Waals surface area contributed by atoms with Crippen LogP contribution < -0.4 is 10.5 Å². The molecule has 1 heterocycles. The molecule has 1 aliphatic carbocycles. The number of nitrogens with two attached hydrogens (primary N) is 1. The van der Waals surface area contributed by atoms with Crippen LogP contribution in [0.25, 0.3) is 0 Å². The topological polar surface area (TPSA) is 75.4 Å². The van der Waals surface area contributed by atoms with Crippen LogP contribution in [-0.2, 0) is 10.0 Å². The van der Waals surface area contributed by atoms with Crippen LogP contribution in [0.1, 0.15) is 19.3 Å². The number of nitrogens with one attached hydrogen (secondary N) is 1. The van der Waals surface area contributed by atoms with Crippen LogP contribution in [0.5, 0.6) is 0 Å². The molecule has 1 aromatic rings. The lowest BCUT2D eigenvalue weighted by molar-refractivity contribution is 0.326. The van der Waals surface area contributed by atoms with Gasteiger partial charge in [0.05, 0.1) is 15.6 Å². The van der Waals surface area contributed by atoms with Crippen molar-refractivity contribution in [3.63, 3.8) is 0 Å². The third-order valence-corrected chi connectivity index (χ3v) is 5.15. The first-order chi connectivity index (χ1) is 9.43. The highest BCUT2D eigenvalue weighted by Crippen LogP contribution is 2.32. The molecule has 3 rings (SSSR count). The van der Waals surface area contributed by atoms with Crippen LogP contribution in [-0.4, -0.2) is 38.5 Å². The van der Waals surface area contributed by atoms with Crippen molar-refractivity contribution in [2.75, 3.05) is 18.4 Å². The second-order valence-electron chi connectivity index (χ2n) is 5.54. The maximum absolute atomic E-state index is 11.4. The van der Waals surface area contributed by atoms with Crippen molar-refractivity contribution in [3.8, 4) is 0 Å². The number of hydrogen-bond donors (Lipinski definition) is 2. The zero-order valence-electron chi connectivity index (χ0n) is 11.0. The number of likely N-dealkylation sites (tertiary alicyclic amines) is 1. The Morgan fingerprint density at radius 2 is 2.05 bits per heavy atom. The van der Waals surface area contributed by atoms with E-state index in [-0.39, 0.29) is 4.90 Å². The predicted octanol–water partition coefficient (Wildman–Crippen LogP) is 1.64. The highest BCUT2D eigenvalue weighted by molar-refractivity contribution is 7.89. The molecule has 5 nitrogen and oxygen atoms in total. The first-order valence-electron chi connectivity index (χ1n) is 6.76. The summed E-state index contributed by atoms with van der Waals surface area (Å²) in [5, 5.41) is 9.00. The molecule has 1 saturated heterocycles. The fraction of sp³-hybridized carbons (Fsp3) is 0.538. The van der Waals surface area contributed by atoms with Gasteiger partial charge in [-0.05, 0) is 37.5 Å². The van der Waals surface area contributed by atoms with E-state index in [1.165, 1.54) is 25.0 Å². The van der Waals surface area contributed by atoms with Gasteiger partial charge in [-0.3, -0.25) is 4.90 Å². The Bertz CT molecular complexity index is 616. The quantitative estimate of drug-likeness (QED) is 0.885. The van der Waals surface area contributed by atoms with Gasteiger partial charge in [-0.1, -0.05) is 11.6 Å². The number of hydrogen-bond acceptors (Lipinski definition) is 4. The Balaban J connectivity index is 1.73. The second kappa shape index (κ2) is 5.18. The van der Waals surface area contributed by atoms with Crippen LogP contribution in [0.2, 0.25) is 5.02 Å². The molecule has 3 N–H and O–H groups in total. The average Bonchev–Trinajstić information content (AvgIpc) is 3.12. The molecule has 2 aliphatic rings. The third-order valence-electron chi connectivity index (χ3n) is 3.91. The number of rotatable bonds is 4. The van der Waals surface area contributed by atoms with Gasteiger partial charge < -0.3 is 5.32 Å². The van der Waals surface area contributed by atoms with Crippen LogP contribution in [0.4, 0.5) is 5.69 Å². The predicted molar refractivity (Wildman–Crippen MR) is 79.4 cm³/mol. The third kappa shape index (κ3) is 3.09. The fourth-order valence-electron chi connectivity index (χ4n) is 2.69. The van der Waals surface area contributed by atoms with E-state index < -0.39 is 10.0 Å². The van der Waals surface area contributed by atoms with E-state index >= 15 is 0 Å². The van der Waals surface area contributed by atoms with E-state index in [1.807, 2.05) is 0 Å². The van der Waals surface area contributed by atoms with Crippen molar-refractivity contribution in [3.05, 3.63) is 23.2 Å². The van der Waals surface area contributed by atoms with Gasteiger partial charge in [0.15, 0.2) is 0 Å². The molecule has 1 unspecified atom stereocenters. The number of nitrogens with zero attached hydrogens (tertiary/aromatic N) is 1. The summed E-state index contributed by atoms with van der Waals surface area (Å²) in [7, 11) is -3.70. The Labute approximate surface area is 124 Å². The van der Waals surface area contributed by atoms with E-state index in [4.69, 9.17) is 16.7 Å². The van der Waals surface area contributed by atoms with Crippen molar-refractivity contribution >= 4 is 27.3 Å². The Hall–Kier alpha value is -0.820. The van der Waals surface area contributed by atoms with Crippen LogP contribution in [0.3, 0.4) is 0 Å². The number of anilines is 1. The largest absolute Gasteiger partial charge is 0.380 e. The second-order valence-corrected chi connectivity index (χ2v) is 7.51. The van der Waals surface area contributed by atoms with Gasteiger partial charge in [-0.2, -0.15) is 0 Å². The van der Waals surface area contributed by atoms with Gasteiger partial charge in [-0.25, -0.2) is 13.6 Å². The number of sulfonamides is 1. The molecule has 2 fully saturated rings. The van der Waals surface area contributed by atoms with Crippen molar-refractivity contribution in [1.29, 1.82) is 0 Å². The van der Waals surface area contributed by atoms with Crippen LogP contribution in [0, 0.1) is 0 Å². The monoisotopic (exact) mass is 315 g/mol. The van der Waals surface area contributed by atoms with Gasteiger partial charge in [0.25, 0.3) is 0 Å². The molecule has 1 saturated carbocycles. The SMILES string of the molecule is NS(=O)(=O)c1ccc(Cl)c(NC2CCN(C3CC3)C2)c1. The maximum atomic E-state index is 11.4. The fourth-order valence-corrected chi connectivity index (χ4v) is 3.40. The highest BCUT2D eigenvalue weighted by atomic mass is 35.5. The van der Waals surface area contributed by atoms with Crippen LogP contribution >= 0.6 is 11.6 Å². The summed E-state index contributed by atoms with van der Waals surface area (Å²) in [6.07, 6.45) is 3.65. The molecule has 1 aromatic carbocycles. The van der Waals surface area contributed by atoms with Crippen LogP contribution in [0.15, 0.2) is 23.1 Å². The Morgan fingerprint density at radius 1 is 1.30 bits per heavy atom. The maximum Gasteiger partial charge on any atom is 0.238 e. The standard InChI is InChI=1S/C13H18ClN3O2S/c14-12-4-3-11(20(15,18)19)7-13(12)16-9-5-6-17(8-9)10-1-2-10/h3-4,7,9-10,16H,1-2,5-6,8H2,(H2,15,18,19). The molecule has 0 radical (unpaired) electrons. The van der Waals surface area contributed by atoms with E-state index in [0.717, 1.165) is 25.6 Å². The number of primary sulfonamides is 1. The van der Waals surface area contributed by atoms with E-state index in [2.05, 4.69) is 10.2 Å². The lowest BCUT2D eigenvalue weighted by atomic mass is 10.2. The smallest absolute Gasteiger partial charge is 0.238 e. The molecule has 7 heteroatoms. The minimum Gasteiger partial charge on any atom is -0.380 e. The zero-order valence-corrected chi connectivity index (χ0v) is 12.6. The molecular weight excluding hydrogens is 298 g/mol. The summed E-state index contributed by atoms with van der Waals surface area (Å²) in [5.74, 6) is 0. The molecule has 0 spiro atoms. The Morgan fingerprint density at radius 3 is 2.70 bits per heavy atom. The van der Waals surface area contributed by atoms with E-state index in [0.29, 0.717) is 16.8 Å². The first kappa shape index (κ1) is 14.1. The summed E-state index contributed by atoms with van der Waals surface area (Å²) in [4.78, 5) is 2.57. The Kier molecular flexibility index (Phi) is 3.66. The van der Waals surface area contributed by atoms with Crippen molar-refractivity contribution in [2.45, 2.75) is 36.2 Å². The summed E-state index contributed by atoms with van der Waals surface area (Å²) in [5.41, 5.74) is 0.640. The molecular formula is C13H18ClN3O2S. The molecule has 1 aliphatic heterocycles. The van der Waals surface area contributed by atoms with Gasteiger partial charge >= 0.3 is 0 Å². The minimum absolute atomic E-state index is 0.0847. The lowest BCUT2D eigenvalue weighted by Crippen LogP contribution is -2.27. The molecule has 1 atom stereocenters. The number of benzene rings is 1. The highest BCUT2D eigenvalue weighted by Gasteiger charge is 2.34. The molecule has 0 amide bonds. The first-order valence-corrected chi connectivity index (χ1v) is 8.69. The average molecular weight is 316 g/mol. The van der Waals surface area contributed by atoms with Crippen molar-refractivity contribution in [1.82, 2.24) is 4.90 Å². The normalized spacial score (nSPS) is 24.0.